The van der Waals surface area contributed by atoms with Gasteiger partial charge in [-0.15, -0.1) is 11.3 Å². The summed E-state index contributed by atoms with van der Waals surface area (Å²) < 4.78 is 41.3. The van der Waals surface area contributed by atoms with E-state index < -0.39 is 46.1 Å². The summed E-state index contributed by atoms with van der Waals surface area (Å²) in [7, 11) is -3.78. The number of aromatic nitrogens is 1. The molecule has 4 N–H and O–H groups in total. The van der Waals surface area contributed by atoms with E-state index in [1.165, 1.54) is 0 Å². The van der Waals surface area contributed by atoms with E-state index in [1.807, 2.05) is 44.2 Å². The molecule has 4 aliphatic rings. The highest BCUT2D eigenvalue weighted by Crippen LogP contribution is 2.47. The van der Waals surface area contributed by atoms with Crippen molar-refractivity contribution in [2.45, 2.75) is 81.7 Å². The minimum Gasteiger partial charge on any atom is -0.479 e. The zero-order valence-corrected chi connectivity index (χ0v) is 39.9. The van der Waals surface area contributed by atoms with Crippen LogP contribution in [0.2, 0.25) is 5.02 Å². The third-order valence-electron chi connectivity index (χ3n) is 13.6. The van der Waals surface area contributed by atoms with Crippen molar-refractivity contribution in [3.8, 4) is 16.2 Å². The second-order valence-corrected chi connectivity index (χ2v) is 21.8. The first-order chi connectivity index (χ1) is 33.0. The Morgan fingerprint density at radius 1 is 0.986 bits per heavy atom. The summed E-state index contributed by atoms with van der Waals surface area (Å²) in [5.41, 5.74) is 4.66. The number of piperidine rings is 3. The predicted molar refractivity (Wildman–Crippen MR) is 260 cm³/mol. The van der Waals surface area contributed by atoms with Gasteiger partial charge in [0.15, 0.2) is 22.8 Å². The quantitative estimate of drug-likeness (QED) is 0.0808. The van der Waals surface area contributed by atoms with Crippen molar-refractivity contribution in [3.63, 3.8) is 0 Å². The molecule has 0 radical (unpaired) electrons. The first kappa shape index (κ1) is 46.2. The number of anilines is 3. The Morgan fingerprint density at radius 2 is 1.77 bits per heavy atom. The number of oxazole rings is 1. The summed E-state index contributed by atoms with van der Waals surface area (Å²) in [5.74, 6) is -3.82. The van der Waals surface area contributed by atoms with E-state index in [0.717, 1.165) is 46.2 Å². The molecule has 10 rings (SSSR count). The van der Waals surface area contributed by atoms with Gasteiger partial charge in [0, 0.05) is 54.3 Å². The number of carbonyl (C=O) groups excluding carboxylic acids is 3. The van der Waals surface area contributed by atoms with Crippen LogP contribution in [0.1, 0.15) is 89.4 Å². The third kappa shape index (κ3) is 8.65. The molecule has 358 valence electrons. The van der Waals surface area contributed by atoms with Crippen LogP contribution in [0.25, 0.3) is 32.3 Å². The number of amides is 3. The molecule has 20 heteroatoms. The van der Waals surface area contributed by atoms with Crippen LogP contribution >= 0.6 is 22.9 Å². The number of carboxylic acids is 2. The van der Waals surface area contributed by atoms with E-state index in [-0.39, 0.29) is 64.6 Å². The highest BCUT2D eigenvalue weighted by molar-refractivity contribution is 7.88. The number of hydrogen-bond donors (Lipinski definition) is 4. The highest BCUT2D eigenvalue weighted by Gasteiger charge is 2.43. The number of imide groups is 1. The van der Waals surface area contributed by atoms with Crippen LogP contribution in [-0.2, 0) is 30.2 Å². The molecule has 2 atom stereocenters. The van der Waals surface area contributed by atoms with Gasteiger partial charge in [-0.25, -0.2) is 18.0 Å². The van der Waals surface area contributed by atoms with E-state index in [9.17, 15) is 37.5 Å². The summed E-state index contributed by atoms with van der Waals surface area (Å²) in [4.78, 5) is 70.0. The van der Waals surface area contributed by atoms with Gasteiger partial charge >= 0.3 is 11.9 Å². The molecule has 3 fully saturated rings. The van der Waals surface area contributed by atoms with E-state index in [0.29, 0.717) is 70.3 Å². The van der Waals surface area contributed by atoms with E-state index in [4.69, 9.17) is 30.8 Å². The number of halogens is 1. The first-order valence-electron chi connectivity index (χ1n) is 22.6. The molecule has 0 bridgehead atoms. The van der Waals surface area contributed by atoms with Crippen LogP contribution in [0.3, 0.4) is 0 Å². The average molecular weight is 996 g/mol. The first-order valence-corrected chi connectivity index (χ1v) is 25.4. The summed E-state index contributed by atoms with van der Waals surface area (Å²) in [6, 6.07) is 21.8. The van der Waals surface area contributed by atoms with Crippen LogP contribution in [0, 0.1) is 0 Å². The van der Waals surface area contributed by atoms with Gasteiger partial charge in [0.25, 0.3) is 11.9 Å². The molecule has 3 saturated heterocycles. The molecule has 4 aromatic carbocycles. The summed E-state index contributed by atoms with van der Waals surface area (Å²) in [5, 5.41) is 26.5. The zero-order chi connectivity index (χ0) is 48.5. The van der Waals surface area contributed by atoms with Crippen LogP contribution in [0.15, 0.2) is 77.2 Å². The van der Waals surface area contributed by atoms with Crippen molar-refractivity contribution in [2.24, 2.45) is 0 Å². The smallest absolute Gasteiger partial charge is 0.349 e. The molecule has 0 aliphatic carbocycles. The number of aromatic carboxylic acids is 1. The Bertz CT molecular complexity index is 3230. The van der Waals surface area contributed by atoms with Gasteiger partial charge in [0.2, 0.25) is 21.8 Å². The Hall–Kier alpha value is -6.54. The largest absolute Gasteiger partial charge is 0.479 e. The Labute approximate surface area is 405 Å². The fourth-order valence-electron chi connectivity index (χ4n) is 10.5. The number of sulfonamides is 1. The van der Waals surface area contributed by atoms with Gasteiger partial charge in [-0.3, -0.25) is 24.6 Å². The predicted octanol–water partition coefficient (Wildman–Crippen LogP) is 7.86. The number of carbonyl (C=O) groups is 5. The number of aliphatic carboxylic acids is 1. The van der Waals surface area contributed by atoms with Crippen LogP contribution in [-0.4, -0.2) is 101 Å². The molecule has 17 nitrogen and oxygen atoms in total. The maximum atomic E-state index is 14.1. The lowest BCUT2D eigenvalue weighted by Gasteiger charge is -2.45. The monoisotopic (exact) mass is 994 g/mol. The topological polar surface area (TPSA) is 229 Å². The Morgan fingerprint density at radius 3 is 2.51 bits per heavy atom. The second-order valence-electron chi connectivity index (χ2n) is 18.6. The van der Waals surface area contributed by atoms with Gasteiger partial charge < -0.3 is 29.6 Å². The Balaban J connectivity index is 0.778. The molecule has 0 spiro atoms. The number of hydrogen-bond acceptors (Lipinski definition) is 13. The lowest BCUT2D eigenvalue weighted by atomic mass is 9.85. The summed E-state index contributed by atoms with van der Waals surface area (Å²) >= 11 is 7.42. The molecule has 2 unspecified atom stereocenters. The third-order valence-corrected chi connectivity index (χ3v) is 17.3. The van der Waals surface area contributed by atoms with Gasteiger partial charge in [-0.1, -0.05) is 48.0 Å². The molecule has 4 aliphatic heterocycles. The molecule has 0 saturated carbocycles. The molecule has 3 amide bonds. The van der Waals surface area contributed by atoms with Gasteiger partial charge in [-0.05, 0) is 110 Å². The molecular weight excluding hydrogens is 948 g/mol. The lowest BCUT2D eigenvalue weighted by molar-refractivity contribution is -0.139. The van der Waals surface area contributed by atoms with E-state index in [1.54, 1.807) is 45.6 Å². The van der Waals surface area contributed by atoms with Gasteiger partial charge in [0.1, 0.15) is 16.6 Å². The molecule has 2 aromatic heterocycles. The number of benzene rings is 4. The van der Waals surface area contributed by atoms with Crippen molar-refractivity contribution < 1.29 is 51.8 Å². The Kier molecular flexibility index (Phi) is 11.9. The van der Waals surface area contributed by atoms with Crippen molar-refractivity contribution >= 4 is 102 Å². The van der Waals surface area contributed by atoms with E-state index in [2.05, 4.69) is 21.6 Å². The fraction of sp³-hybridized carbons (Fsp3) is 0.347. The maximum absolute atomic E-state index is 14.1. The number of carboxylic acid groups (broad SMARTS) is 2. The molecule has 69 heavy (non-hydrogen) atoms. The van der Waals surface area contributed by atoms with Crippen LogP contribution < -0.4 is 25.2 Å². The number of fused-ring (bicyclic) bond motifs is 1. The maximum Gasteiger partial charge on any atom is 0.349 e. The number of rotatable bonds is 13. The fourth-order valence-corrected chi connectivity index (χ4v) is 13.8. The normalized spacial score (nSPS) is 19.9. The van der Waals surface area contributed by atoms with Crippen LogP contribution in [0.5, 0.6) is 5.75 Å². The van der Waals surface area contributed by atoms with Crippen molar-refractivity contribution in [1.29, 1.82) is 0 Å². The number of thiophene rings is 1. The average Bonchev–Trinajstić information content (AvgIpc) is 3.97. The minimum atomic E-state index is -3.78. The minimum absolute atomic E-state index is 0.00584. The second kappa shape index (κ2) is 17.8. The number of nitrogens with zero attached hydrogens (tertiary/aromatic N) is 4. The lowest BCUT2D eigenvalue weighted by Crippen LogP contribution is -2.55. The molecular formula is C49H47ClN6O11S2. The number of ether oxygens (including phenoxy) is 1. The number of nitrogens with one attached hydrogen (secondary N) is 2. The van der Waals surface area contributed by atoms with E-state index >= 15 is 0 Å². The molecule has 6 aromatic rings. The summed E-state index contributed by atoms with van der Waals surface area (Å²) in [6.45, 7) is 4.68. The standard InChI is InChI=1S/C49H47ClN6O11S2/c1-49(2)23-30(51-29-6-3-5-28(22-29)43-41(50)42(66-24-39(58)59)44(68-43)47(62)63)17-20-55(49)69(64,65)25-26-9-11-34-37(21-26)67-48(52-34)54-18-15-27(16-19-54)31-10-12-35-40-32(31)7-4-8-33(40)46(61)56(35)36-13-14-38(57)53-45(36)60/h3-12,21-22,27,30,36,51H,13-20,23-25H2,1-2H3,(H,58,59)(H,62,63)(H,53,57,60). The van der Waals surface area contributed by atoms with Crippen molar-refractivity contribution in [2.75, 3.05) is 41.4 Å². The summed E-state index contributed by atoms with van der Waals surface area (Å²) in [6.07, 6.45) is 3.07. The molecule has 6 heterocycles. The highest BCUT2D eigenvalue weighted by atomic mass is 35.5. The SMILES string of the molecule is CC1(C)CC(Nc2cccc(-c3sc(C(=O)O)c(OCC(=O)O)c3Cl)c2)CCN1S(=O)(=O)Cc1ccc2nc(N3CCC(c4ccc5c6c(cccc46)C(=O)N5C4CCC(=O)NC4=O)CC3)oc2c1. The van der Waals surface area contributed by atoms with Gasteiger partial charge in [-0.2, -0.15) is 9.29 Å². The van der Waals surface area contributed by atoms with Crippen molar-refractivity contribution in [1.82, 2.24) is 14.6 Å². The zero-order valence-electron chi connectivity index (χ0n) is 37.5. The van der Waals surface area contributed by atoms with Crippen LogP contribution in [0.4, 0.5) is 17.4 Å². The van der Waals surface area contributed by atoms with Gasteiger partial charge in [0.05, 0.1) is 16.3 Å². The van der Waals surface area contributed by atoms with Crippen molar-refractivity contribution in [3.05, 3.63) is 99.4 Å².